The zero-order valence-corrected chi connectivity index (χ0v) is 23.7. The third-order valence-electron chi connectivity index (χ3n) is 7.79. The maximum Gasteiger partial charge on any atom is 0.306 e. The first-order valence-corrected chi connectivity index (χ1v) is 13.9. The SMILES string of the molecule is CCOC(=O)CC1CCN(C(=O)c2cc3nc(-c4cc(F)c(F)c(F)c4)cc(N(C)C(C)c4ccccc4)n3n2)CC1. The lowest BCUT2D eigenvalue weighted by molar-refractivity contribution is -0.144. The monoisotopic (exact) mass is 579 g/mol. The zero-order valence-electron chi connectivity index (χ0n) is 23.7. The van der Waals surface area contributed by atoms with E-state index >= 15 is 0 Å². The molecule has 1 saturated heterocycles. The minimum atomic E-state index is -1.56. The molecule has 0 spiro atoms. The molecule has 0 aliphatic carbocycles. The smallest absolute Gasteiger partial charge is 0.306 e. The van der Waals surface area contributed by atoms with E-state index < -0.39 is 17.5 Å². The van der Waals surface area contributed by atoms with Gasteiger partial charge in [0.25, 0.3) is 5.91 Å². The molecule has 0 N–H and O–H groups in total. The van der Waals surface area contributed by atoms with E-state index in [1.54, 1.807) is 17.9 Å². The van der Waals surface area contributed by atoms with Gasteiger partial charge in [-0.25, -0.2) is 18.2 Å². The molecule has 0 radical (unpaired) electrons. The molecule has 4 aromatic rings. The summed E-state index contributed by atoms with van der Waals surface area (Å²) in [6.07, 6.45) is 1.67. The van der Waals surface area contributed by atoms with Gasteiger partial charge in [0.15, 0.2) is 28.8 Å². The number of carbonyl (C=O) groups excluding carboxylic acids is 2. The number of piperidine rings is 1. The van der Waals surface area contributed by atoms with E-state index in [1.165, 1.54) is 10.6 Å². The average Bonchev–Trinajstić information content (AvgIpc) is 3.43. The highest BCUT2D eigenvalue weighted by molar-refractivity contribution is 5.93. The van der Waals surface area contributed by atoms with Gasteiger partial charge in [0.2, 0.25) is 0 Å². The van der Waals surface area contributed by atoms with Crippen LogP contribution in [-0.4, -0.2) is 58.1 Å². The van der Waals surface area contributed by atoms with Crippen molar-refractivity contribution in [3.8, 4) is 11.3 Å². The Morgan fingerprint density at radius 3 is 2.36 bits per heavy atom. The maximum absolute atomic E-state index is 14.2. The van der Waals surface area contributed by atoms with Gasteiger partial charge in [-0.2, -0.15) is 9.61 Å². The van der Waals surface area contributed by atoms with Crippen LogP contribution in [-0.2, 0) is 9.53 Å². The number of aromatic nitrogens is 3. The number of likely N-dealkylation sites (tertiary alicyclic amines) is 1. The fourth-order valence-corrected chi connectivity index (χ4v) is 5.28. The van der Waals surface area contributed by atoms with Crippen LogP contribution in [0.2, 0.25) is 0 Å². The summed E-state index contributed by atoms with van der Waals surface area (Å²) in [7, 11) is 1.85. The number of hydrogen-bond acceptors (Lipinski definition) is 6. The Balaban J connectivity index is 1.49. The molecule has 0 saturated carbocycles. The van der Waals surface area contributed by atoms with Crippen molar-refractivity contribution in [3.63, 3.8) is 0 Å². The van der Waals surface area contributed by atoms with Crippen molar-refractivity contribution >= 4 is 23.3 Å². The average molecular weight is 580 g/mol. The molecule has 0 bridgehead atoms. The molecule has 1 amide bonds. The number of benzene rings is 2. The summed E-state index contributed by atoms with van der Waals surface area (Å²) in [5, 5.41) is 4.60. The lowest BCUT2D eigenvalue weighted by atomic mass is 9.93. The second kappa shape index (κ2) is 12.2. The summed E-state index contributed by atoms with van der Waals surface area (Å²) < 4.78 is 48.6. The Morgan fingerprint density at radius 2 is 1.71 bits per heavy atom. The maximum atomic E-state index is 14.2. The van der Waals surface area contributed by atoms with Crippen molar-refractivity contribution in [3.05, 3.63) is 83.3 Å². The van der Waals surface area contributed by atoms with Crippen LogP contribution in [0.5, 0.6) is 0 Å². The van der Waals surface area contributed by atoms with E-state index in [2.05, 4.69) is 10.1 Å². The first-order chi connectivity index (χ1) is 20.2. The number of amides is 1. The van der Waals surface area contributed by atoms with Gasteiger partial charge in [-0.15, -0.1) is 0 Å². The van der Waals surface area contributed by atoms with Crippen molar-refractivity contribution in [2.45, 2.75) is 39.2 Å². The summed E-state index contributed by atoms with van der Waals surface area (Å²) in [6, 6.07) is 14.5. The van der Waals surface area contributed by atoms with Gasteiger partial charge < -0.3 is 14.5 Å². The van der Waals surface area contributed by atoms with Gasteiger partial charge >= 0.3 is 5.97 Å². The molecule has 1 unspecified atom stereocenters. The standard InChI is InChI=1S/C31H32F3N5O3/c1-4-42-29(40)14-20-10-12-38(13-11-20)31(41)26-17-27-35-25(22-15-23(32)30(34)24(33)16-22)18-28(39(27)36-26)37(3)19(2)21-8-6-5-7-9-21/h5-9,15-20H,4,10-14H2,1-3H3. The molecule has 42 heavy (non-hydrogen) atoms. The normalized spacial score (nSPS) is 14.7. The number of nitrogens with zero attached hydrogens (tertiary/aromatic N) is 5. The molecule has 2 aromatic carbocycles. The number of anilines is 1. The molecule has 5 rings (SSSR count). The molecule has 220 valence electrons. The quantitative estimate of drug-likeness (QED) is 0.194. The van der Waals surface area contributed by atoms with E-state index in [0.29, 0.717) is 50.4 Å². The first kappa shape index (κ1) is 29.1. The van der Waals surface area contributed by atoms with Crippen LogP contribution >= 0.6 is 0 Å². The highest BCUT2D eigenvalue weighted by Crippen LogP contribution is 2.31. The van der Waals surface area contributed by atoms with E-state index in [0.717, 1.165) is 17.7 Å². The lowest BCUT2D eigenvalue weighted by Gasteiger charge is -2.31. The van der Waals surface area contributed by atoms with Crippen LogP contribution in [0.1, 0.15) is 55.2 Å². The number of fused-ring (bicyclic) bond motifs is 1. The second-order valence-electron chi connectivity index (χ2n) is 10.5. The summed E-state index contributed by atoms with van der Waals surface area (Å²) >= 11 is 0. The summed E-state index contributed by atoms with van der Waals surface area (Å²) in [4.78, 5) is 33.5. The van der Waals surface area contributed by atoms with Crippen LogP contribution in [0.4, 0.5) is 19.0 Å². The minimum Gasteiger partial charge on any atom is -0.466 e. The highest BCUT2D eigenvalue weighted by atomic mass is 19.2. The predicted octanol–water partition coefficient (Wildman–Crippen LogP) is 5.82. The second-order valence-corrected chi connectivity index (χ2v) is 10.5. The predicted molar refractivity (Wildman–Crippen MR) is 151 cm³/mol. The highest BCUT2D eigenvalue weighted by Gasteiger charge is 2.28. The van der Waals surface area contributed by atoms with Crippen LogP contribution in [0.15, 0.2) is 54.6 Å². The van der Waals surface area contributed by atoms with Gasteiger partial charge in [-0.05, 0) is 50.3 Å². The number of carbonyl (C=O) groups is 2. The number of halogens is 3. The fraction of sp³-hybridized carbons (Fsp3) is 0.355. The van der Waals surface area contributed by atoms with Crippen molar-refractivity contribution in [2.24, 2.45) is 5.92 Å². The number of rotatable bonds is 8. The van der Waals surface area contributed by atoms with E-state index in [1.807, 2.05) is 49.2 Å². The van der Waals surface area contributed by atoms with Crippen LogP contribution < -0.4 is 4.90 Å². The van der Waals surface area contributed by atoms with E-state index in [-0.39, 0.29) is 40.8 Å². The lowest BCUT2D eigenvalue weighted by Crippen LogP contribution is -2.39. The molecule has 11 heteroatoms. The molecule has 1 aliphatic rings. The van der Waals surface area contributed by atoms with Crippen LogP contribution in [0.25, 0.3) is 16.9 Å². The fourth-order valence-electron chi connectivity index (χ4n) is 5.28. The zero-order chi connectivity index (χ0) is 30.0. The molecular formula is C31H32F3N5O3. The van der Waals surface area contributed by atoms with Crippen molar-refractivity contribution < 1.29 is 27.5 Å². The van der Waals surface area contributed by atoms with Gasteiger partial charge in [0, 0.05) is 44.3 Å². The van der Waals surface area contributed by atoms with Crippen LogP contribution in [0.3, 0.4) is 0 Å². The molecule has 1 atom stereocenters. The van der Waals surface area contributed by atoms with Crippen LogP contribution in [0, 0.1) is 23.4 Å². The molecular weight excluding hydrogens is 547 g/mol. The Hall–Kier alpha value is -4.41. The van der Waals surface area contributed by atoms with Crippen molar-refractivity contribution in [2.75, 3.05) is 31.6 Å². The molecule has 2 aromatic heterocycles. The minimum absolute atomic E-state index is 0.0497. The first-order valence-electron chi connectivity index (χ1n) is 13.9. The van der Waals surface area contributed by atoms with E-state index in [4.69, 9.17) is 4.74 Å². The summed E-state index contributed by atoms with van der Waals surface area (Å²) in [6.45, 7) is 5.05. The Kier molecular flexibility index (Phi) is 8.46. The third-order valence-corrected chi connectivity index (χ3v) is 7.79. The molecule has 1 aliphatic heterocycles. The topological polar surface area (TPSA) is 80.0 Å². The summed E-state index contributed by atoms with van der Waals surface area (Å²) in [5.74, 6) is -4.05. The van der Waals surface area contributed by atoms with Crippen molar-refractivity contribution in [1.82, 2.24) is 19.5 Å². The Labute approximate surface area is 241 Å². The van der Waals surface area contributed by atoms with Gasteiger partial charge in [0.1, 0.15) is 5.82 Å². The van der Waals surface area contributed by atoms with Crippen molar-refractivity contribution in [1.29, 1.82) is 0 Å². The van der Waals surface area contributed by atoms with Gasteiger partial charge in [0.05, 0.1) is 18.3 Å². The Morgan fingerprint density at radius 1 is 1.05 bits per heavy atom. The third kappa shape index (κ3) is 5.95. The molecule has 3 heterocycles. The molecule has 8 nitrogen and oxygen atoms in total. The van der Waals surface area contributed by atoms with Gasteiger partial charge in [-0.3, -0.25) is 9.59 Å². The Bertz CT molecular complexity index is 1580. The summed E-state index contributed by atoms with van der Waals surface area (Å²) in [5.41, 5.74) is 1.72. The van der Waals surface area contributed by atoms with Gasteiger partial charge in [-0.1, -0.05) is 30.3 Å². The number of hydrogen-bond donors (Lipinski definition) is 0. The van der Waals surface area contributed by atoms with E-state index in [9.17, 15) is 22.8 Å². The molecule has 1 fully saturated rings. The largest absolute Gasteiger partial charge is 0.466 e. The number of esters is 1. The number of ether oxygens (including phenoxy) is 1.